The number of amides is 6. The molecule has 51 heavy (non-hydrogen) atoms. The Kier molecular flexibility index (Phi) is 14.8. The average Bonchev–Trinajstić information content (AvgIpc) is 3.37. The Morgan fingerprint density at radius 1 is 0.922 bits per heavy atom. The Labute approximate surface area is 300 Å². The third-order valence-electron chi connectivity index (χ3n) is 9.00. The van der Waals surface area contributed by atoms with Crippen molar-refractivity contribution in [1.82, 2.24) is 31.1 Å². The second-order valence-corrected chi connectivity index (χ2v) is 14.7. The van der Waals surface area contributed by atoms with Crippen molar-refractivity contribution in [3.05, 3.63) is 59.7 Å². The Morgan fingerprint density at radius 2 is 1.49 bits per heavy atom. The van der Waals surface area contributed by atoms with Crippen molar-refractivity contribution in [2.45, 2.75) is 91.4 Å². The SMILES string of the molecule is CN[C@H](C(=O)NC(C(=O)N(C)[C@H](/C=C(\C)C(=O)N[C@@H](CC(=O)NCCN1C(=O)C=CC1=O)C(=O)O)C(C)C)C(C)(C)C)C(C)(C)c1ccccc1. The van der Waals surface area contributed by atoms with Gasteiger partial charge in [0.1, 0.15) is 12.1 Å². The highest BCUT2D eigenvalue weighted by molar-refractivity contribution is 6.12. The number of nitrogens with zero attached hydrogens (tertiary/aromatic N) is 2. The number of carbonyl (C=O) groups excluding carboxylic acids is 6. The molecule has 6 amide bonds. The van der Waals surface area contributed by atoms with Crippen LogP contribution in [-0.2, 0) is 39.0 Å². The maximum atomic E-state index is 14.1. The van der Waals surface area contributed by atoms with E-state index in [0.29, 0.717) is 0 Å². The third-order valence-corrected chi connectivity index (χ3v) is 9.00. The van der Waals surface area contributed by atoms with Crippen LogP contribution in [0.2, 0.25) is 0 Å². The van der Waals surface area contributed by atoms with Crippen LogP contribution in [0.3, 0.4) is 0 Å². The number of carbonyl (C=O) groups is 7. The number of hydrogen-bond acceptors (Lipinski definition) is 8. The van der Waals surface area contributed by atoms with Crippen LogP contribution in [0.4, 0.5) is 0 Å². The minimum atomic E-state index is -1.57. The van der Waals surface area contributed by atoms with Gasteiger partial charge in [-0.2, -0.15) is 0 Å². The fraction of sp³-hybridized carbons (Fsp3) is 0.541. The molecule has 280 valence electrons. The highest BCUT2D eigenvalue weighted by atomic mass is 16.4. The molecule has 2 rings (SSSR count). The van der Waals surface area contributed by atoms with E-state index in [1.54, 1.807) is 20.2 Å². The first-order valence-electron chi connectivity index (χ1n) is 17.0. The van der Waals surface area contributed by atoms with Gasteiger partial charge in [0.2, 0.25) is 23.6 Å². The highest BCUT2D eigenvalue weighted by Crippen LogP contribution is 2.29. The van der Waals surface area contributed by atoms with Gasteiger partial charge in [-0.05, 0) is 30.9 Å². The van der Waals surface area contributed by atoms with E-state index in [4.69, 9.17) is 0 Å². The topological polar surface area (TPSA) is 194 Å². The molecule has 5 N–H and O–H groups in total. The van der Waals surface area contributed by atoms with Gasteiger partial charge in [-0.25, -0.2) is 4.79 Å². The molecule has 1 unspecified atom stereocenters. The molecular weight excluding hydrogens is 656 g/mol. The average molecular weight is 711 g/mol. The van der Waals surface area contributed by atoms with Gasteiger partial charge in [0, 0.05) is 43.3 Å². The second-order valence-electron chi connectivity index (χ2n) is 14.7. The van der Waals surface area contributed by atoms with Crippen LogP contribution in [-0.4, -0.2) is 108 Å². The van der Waals surface area contributed by atoms with Crippen LogP contribution in [0.5, 0.6) is 0 Å². The van der Waals surface area contributed by atoms with E-state index < -0.39 is 71.0 Å². The molecule has 1 aromatic carbocycles. The number of carboxylic acid groups (broad SMARTS) is 1. The van der Waals surface area contributed by atoms with Gasteiger partial charge in [-0.1, -0.05) is 84.9 Å². The van der Waals surface area contributed by atoms with E-state index in [1.165, 1.54) is 11.8 Å². The lowest BCUT2D eigenvalue weighted by Gasteiger charge is -2.40. The van der Waals surface area contributed by atoms with Gasteiger partial charge in [0.25, 0.3) is 11.8 Å². The predicted octanol–water partition coefficient (Wildman–Crippen LogP) is 1.51. The van der Waals surface area contributed by atoms with Crippen molar-refractivity contribution in [2.75, 3.05) is 27.2 Å². The molecule has 0 aromatic heterocycles. The molecule has 0 fully saturated rings. The fourth-order valence-electron chi connectivity index (χ4n) is 5.85. The summed E-state index contributed by atoms with van der Waals surface area (Å²) in [6, 6.07) is 5.81. The molecule has 0 spiro atoms. The van der Waals surface area contributed by atoms with Gasteiger partial charge in [-0.3, -0.25) is 33.7 Å². The molecule has 1 aliphatic rings. The molecule has 1 aromatic rings. The molecule has 4 atom stereocenters. The van der Waals surface area contributed by atoms with Gasteiger partial charge in [0.05, 0.1) is 18.5 Å². The number of benzene rings is 1. The van der Waals surface area contributed by atoms with E-state index in [1.807, 2.05) is 78.8 Å². The summed E-state index contributed by atoms with van der Waals surface area (Å²) in [4.78, 5) is 91.3. The first-order valence-corrected chi connectivity index (χ1v) is 17.0. The van der Waals surface area contributed by atoms with Crippen LogP contribution in [0, 0.1) is 11.3 Å². The summed E-state index contributed by atoms with van der Waals surface area (Å²) in [5, 5.41) is 20.6. The minimum absolute atomic E-state index is 0.0906. The monoisotopic (exact) mass is 710 g/mol. The van der Waals surface area contributed by atoms with E-state index >= 15 is 0 Å². The standard InChI is InChI=1S/C37H54N6O8/c1-22(2)26(20-23(3)32(47)40-25(35(50)51)21-27(44)39-18-19-43-28(45)16-17-29(43)46)42(10)34(49)31(36(4,5)6)41-33(48)30(38-9)37(7,8)24-14-12-11-13-15-24/h11-17,20,22,25-26,30-31,38H,18-19,21H2,1-10H3,(H,39,44)(H,40,47)(H,41,48)(H,50,51)/b23-20+/t25-,26+,30+,31?/m0/s1. The summed E-state index contributed by atoms with van der Waals surface area (Å²) in [5.41, 5.74) is -0.244. The van der Waals surface area contributed by atoms with Crippen molar-refractivity contribution in [3.8, 4) is 0 Å². The Morgan fingerprint density at radius 3 is 1.98 bits per heavy atom. The summed E-state index contributed by atoms with van der Waals surface area (Å²) in [6.07, 6.45) is 3.19. The molecule has 0 bridgehead atoms. The summed E-state index contributed by atoms with van der Waals surface area (Å²) in [6.45, 7) is 14.5. The third kappa shape index (κ3) is 11.3. The summed E-state index contributed by atoms with van der Waals surface area (Å²) in [7, 11) is 3.29. The number of rotatable bonds is 17. The maximum Gasteiger partial charge on any atom is 0.326 e. The van der Waals surface area contributed by atoms with E-state index in [9.17, 15) is 38.7 Å². The summed E-state index contributed by atoms with van der Waals surface area (Å²) < 4.78 is 0. The van der Waals surface area contributed by atoms with Crippen molar-refractivity contribution in [1.29, 1.82) is 0 Å². The zero-order valence-electron chi connectivity index (χ0n) is 31.3. The second kappa shape index (κ2) is 17.9. The number of likely N-dealkylation sites (N-methyl/N-ethyl adjacent to an activating group) is 2. The van der Waals surface area contributed by atoms with E-state index in [-0.39, 0.29) is 36.4 Å². The predicted molar refractivity (Wildman–Crippen MR) is 192 cm³/mol. The molecule has 1 heterocycles. The molecular formula is C37H54N6O8. The van der Waals surface area contributed by atoms with Crippen molar-refractivity contribution in [3.63, 3.8) is 0 Å². The molecule has 0 saturated heterocycles. The largest absolute Gasteiger partial charge is 0.480 e. The molecule has 14 nitrogen and oxygen atoms in total. The molecule has 0 radical (unpaired) electrons. The minimum Gasteiger partial charge on any atom is -0.480 e. The van der Waals surface area contributed by atoms with Gasteiger partial charge in [-0.15, -0.1) is 0 Å². The number of imide groups is 1. The summed E-state index contributed by atoms with van der Waals surface area (Å²) >= 11 is 0. The lowest BCUT2D eigenvalue weighted by molar-refractivity contribution is -0.143. The van der Waals surface area contributed by atoms with Crippen LogP contribution >= 0.6 is 0 Å². The Bertz CT molecular complexity index is 1510. The number of aliphatic carboxylic acids is 1. The van der Waals surface area contributed by atoms with Gasteiger partial charge >= 0.3 is 5.97 Å². The van der Waals surface area contributed by atoms with Crippen molar-refractivity contribution in [2.24, 2.45) is 11.3 Å². The molecule has 0 aliphatic carbocycles. The van der Waals surface area contributed by atoms with Crippen LogP contribution < -0.4 is 21.3 Å². The van der Waals surface area contributed by atoms with Crippen molar-refractivity contribution >= 4 is 41.4 Å². The van der Waals surface area contributed by atoms with Crippen molar-refractivity contribution < 1.29 is 38.7 Å². The smallest absolute Gasteiger partial charge is 0.326 e. The number of nitrogens with one attached hydrogen (secondary N) is 4. The zero-order valence-corrected chi connectivity index (χ0v) is 31.3. The van der Waals surface area contributed by atoms with E-state index in [0.717, 1.165) is 22.6 Å². The number of hydrogen-bond donors (Lipinski definition) is 5. The zero-order chi connectivity index (χ0) is 38.8. The molecule has 1 aliphatic heterocycles. The highest BCUT2D eigenvalue weighted by Gasteiger charge is 2.41. The molecule has 14 heteroatoms. The quantitative estimate of drug-likeness (QED) is 0.118. The van der Waals surface area contributed by atoms with Gasteiger partial charge < -0.3 is 31.3 Å². The van der Waals surface area contributed by atoms with E-state index in [2.05, 4.69) is 21.3 Å². The lowest BCUT2D eigenvalue weighted by Crippen LogP contribution is -2.61. The molecule has 0 saturated carbocycles. The fourth-order valence-corrected chi connectivity index (χ4v) is 5.85. The normalized spacial score (nSPS) is 16.0. The maximum absolute atomic E-state index is 14.1. The Balaban J connectivity index is 2.18. The van der Waals surface area contributed by atoms with Crippen LogP contribution in [0.1, 0.15) is 67.4 Å². The number of carboxylic acids is 1. The Hall–Kier alpha value is -4.85. The van der Waals surface area contributed by atoms with Crippen LogP contribution in [0.15, 0.2) is 54.1 Å². The lowest BCUT2D eigenvalue weighted by atomic mass is 9.76. The van der Waals surface area contributed by atoms with Gasteiger partial charge in [0.15, 0.2) is 0 Å². The first kappa shape index (κ1) is 42.3. The summed E-state index contributed by atoms with van der Waals surface area (Å²) in [5.74, 6) is -4.82. The first-order chi connectivity index (χ1) is 23.6. The van der Waals surface area contributed by atoms with Crippen LogP contribution in [0.25, 0.3) is 0 Å².